The van der Waals surface area contributed by atoms with E-state index in [1.165, 1.54) is 6.07 Å². The highest BCUT2D eigenvalue weighted by Gasteiger charge is 2.13. The Morgan fingerprint density at radius 1 is 1.10 bits per heavy atom. The van der Waals surface area contributed by atoms with Crippen LogP contribution >= 0.6 is 0 Å². The fourth-order valence-corrected chi connectivity index (χ4v) is 1.93. The highest BCUT2D eigenvalue weighted by Crippen LogP contribution is 2.31. The first kappa shape index (κ1) is 16.4. The van der Waals surface area contributed by atoms with Crippen LogP contribution in [0.2, 0.25) is 0 Å². The quantitative estimate of drug-likeness (QED) is 0.725. The van der Waals surface area contributed by atoms with E-state index in [1.807, 2.05) is 27.7 Å². The standard InChI is InChI=1S/C17H23FO2/c1-5-8-9-13(4)10-14-11-16(19-6-2)17(20-7-3)12-15(14)18/h11-13H,5-7,10H2,1-4H3. The third-order valence-corrected chi connectivity index (χ3v) is 2.76. The lowest BCUT2D eigenvalue weighted by Crippen LogP contribution is -2.04. The summed E-state index contributed by atoms with van der Waals surface area (Å²) in [5.41, 5.74) is 0.620. The largest absolute Gasteiger partial charge is 0.490 e. The van der Waals surface area contributed by atoms with Crippen LogP contribution < -0.4 is 9.47 Å². The summed E-state index contributed by atoms with van der Waals surface area (Å²) in [5, 5.41) is 0. The van der Waals surface area contributed by atoms with E-state index in [1.54, 1.807) is 6.07 Å². The summed E-state index contributed by atoms with van der Waals surface area (Å²) in [4.78, 5) is 0. The molecule has 2 nitrogen and oxygen atoms in total. The second-order valence-corrected chi connectivity index (χ2v) is 4.54. The van der Waals surface area contributed by atoms with Gasteiger partial charge in [0.1, 0.15) is 5.82 Å². The first-order valence-corrected chi connectivity index (χ1v) is 7.18. The van der Waals surface area contributed by atoms with Gasteiger partial charge < -0.3 is 9.47 Å². The number of hydrogen-bond acceptors (Lipinski definition) is 2. The fourth-order valence-electron chi connectivity index (χ4n) is 1.93. The van der Waals surface area contributed by atoms with E-state index < -0.39 is 0 Å². The van der Waals surface area contributed by atoms with Crippen molar-refractivity contribution in [2.45, 2.75) is 40.5 Å². The van der Waals surface area contributed by atoms with Crippen LogP contribution in [0, 0.1) is 23.6 Å². The van der Waals surface area contributed by atoms with Crippen molar-refractivity contribution in [1.29, 1.82) is 0 Å². The summed E-state index contributed by atoms with van der Waals surface area (Å²) in [6.45, 7) is 8.77. The van der Waals surface area contributed by atoms with Crippen LogP contribution in [0.4, 0.5) is 4.39 Å². The second kappa shape index (κ2) is 8.47. The van der Waals surface area contributed by atoms with Gasteiger partial charge in [-0.2, -0.15) is 0 Å². The molecule has 0 bridgehead atoms. The van der Waals surface area contributed by atoms with Crippen LogP contribution in [-0.4, -0.2) is 13.2 Å². The molecule has 0 saturated heterocycles. The molecule has 0 aliphatic carbocycles. The fraction of sp³-hybridized carbons (Fsp3) is 0.529. The molecule has 0 aliphatic rings. The van der Waals surface area contributed by atoms with E-state index >= 15 is 0 Å². The molecule has 1 rings (SSSR count). The molecule has 0 radical (unpaired) electrons. The topological polar surface area (TPSA) is 18.5 Å². The Balaban J connectivity index is 2.98. The molecule has 0 aliphatic heterocycles. The normalized spacial score (nSPS) is 11.4. The van der Waals surface area contributed by atoms with Crippen molar-refractivity contribution in [1.82, 2.24) is 0 Å². The minimum Gasteiger partial charge on any atom is -0.490 e. The molecule has 0 aromatic heterocycles. The predicted molar refractivity (Wildman–Crippen MR) is 79.7 cm³/mol. The lowest BCUT2D eigenvalue weighted by atomic mass is 10.0. The summed E-state index contributed by atoms with van der Waals surface area (Å²) in [7, 11) is 0. The average molecular weight is 278 g/mol. The Kier molecular flexibility index (Phi) is 6.93. The maximum absolute atomic E-state index is 14.1. The van der Waals surface area contributed by atoms with E-state index in [2.05, 4.69) is 11.8 Å². The summed E-state index contributed by atoms with van der Waals surface area (Å²) in [5.74, 6) is 7.06. The smallest absolute Gasteiger partial charge is 0.164 e. The Morgan fingerprint density at radius 2 is 1.70 bits per heavy atom. The number of benzene rings is 1. The minimum absolute atomic E-state index is 0.122. The van der Waals surface area contributed by atoms with Crippen molar-refractivity contribution in [3.05, 3.63) is 23.5 Å². The van der Waals surface area contributed by atoms with Crippen LogP contribution in [-0.2, 0) is 6.42 Å². The molecular weight excluding hydrogens is 255 g/mol. The number of hydrogen-bond donors (Lipinski definition) is 0. The van der Waals surface area contributed by atoms with Gasteiger partial charge in [-0.15, -0.1) is 5.92 Å². The lowest BCUT2D eigenvalue weighted by Gasteiger charge is -2.14. The number of halogens is 1. The third-order valence-electron chi connectivity index (χ3n) is 2.76. The molecule has 0 N–H and O–H groups in total. The first-order valence-electron chi connectivity index (χ1n) is 7.18. The van der Waals surface area contributed by atoms with Crippen molar-refractivity contribution < 1.29 is 13.9 Å². The summed E-state index contributed by atoms with van der Waals surface area (Å²) in [6, 6.07) is 3.14. The molecule has 1 atom stereocenters. The Hall–Kier alpha value is -1.69. The highest BCUT2D eigenvalue weighted by atomic mass is 19.1. The van der Waals surface area contributed by atoms with Gasteiger partial charge >= 0.3 is 0 Å². The van der Waals surface area contributed by atoms with E-state index in [4.69, 9.17) is 9.47 Å². The van der Waals surface area contributed by atoms with Gasteiger partial charge in [0.25, 0.3) is 0 Å². The molecule has 3 heteroatoms. The Morgan fingerprint density at radius 3 is 2.25 bits per heavy atom. The zero-order chi connectivity index (χ0) is 15.0. The van der Waals surface area contributed by atoms with E-state index in [0.29, 0.717) is 36.7 Å². The van der Waals surface area contributed by atoms with Crippen LogP contribution in [0.1, 0.15) is 39.7 Å². The van der Waals surface area contributed by atoms with Crippen molar-refractivity contribution in [2.75, 3.05) is 13.2 Å². The molecule has 0 saturated carbocycles. The van der Waals surface area contributed by atoms with Gasteiger partial charge in [-0.25, -0.2) is 4.39 Å². The van der Waals surface area contributed by atoms with Crippen molar-refractivity contribution in [2.24, 2.45) is 5.92 Å². The Labute approximate surface area is 121 Å². The minimum atomic E-state index is -0.262. The summed E-state index contributed by atoms with van der Waals surface area (Å²) < 4.78 is 25.0. The maximum Gasteiger partial charge on any atom is 0.164 e. The molecule has 0 heterocycles. The first-order chi connectivity index (χ1) is 9.62. The zero-order valence-corrected chi connectivity index (χ0v) is 12.8. The molecule has 110 valence electrons. The lowest BCUT2D eigenvalue weighted by molar-refractivity contribution is 0.285. The molecule has 0 amide bonds. The van der Waals surface area contributed by atoms with Crippen molar-refractivity contribution >= 4 is 0 Å². The molecule has 1 aromatic rings. The molecular formula is C17H23FO2. The highest BCUT2D eigenvalue weighted by molar-refractivity contribution is 5.44. The predicted octanol–water partition coefficient (Wildman–Crippen LogP) is 4.22. The van der Waals surface area contributed by atoms with Crippen molar-refractivity contribution in [3.63, 3.8) is 0 Å². The zero-order valence-electron chi connectivity index (χ0n) is 12.8. The van der Waals surface area contributed by atoms with Gasteiger partial charge in [0.2, 0.25) is 0 Å². The van der Waals surface area contributed by atoms with Gasteiger partial charge in [-0.1, -0.05) is 19.8 Å². The van der Waals surface area contributed by atoms with Gasteiger partial charge in [-0.05, 0) is 31.9 Å². The maximum atomic E-state index is 14.1. The van der Waals surface area contributed by atoms with Crippen LogP contribution in [0.3, 0.4) is 0 Å². The van der Waals surface area contributed by atoms with Crippen LogP contribution in [0.25, 0.3) is 0 Å². The van der Waals surface area contributed by atoms with E-state index in [0.717, 1.165) is 6.42 Å². The summed E-state index contributed by atoms with van der Waals surface area (Å²) >= 11 is 0. The third kappa shape index (κ3) is 4.77. The van der Waals surface area contributed by atoms with E-state index in [9.17, 15) is 4.39 Å². The van der Waals surface area contributed by atoms with Gasteiger partial charge in [0, 0.05) is 18.4 Å². The SMILES string of the molecule is CCC#CC(C)Cc1cc(OCC)c(OCC)cc1F. The van der Waals surface area contributed by atoms with E-state index in [-0.39, 0.29) is 11.7 Å². The molecule has 1 unspecified atom stereocenters. The number of rotatable bonds is 6. The molecule has 20 heavy (non-hydrogen) atoms. The van der Waals surface area contributed by atoms with Gasteiger partial charge in [0.05, 0.1) is 13.2 Å². The van der Waals surface area contributed by atoms with Gasteiger partial charge in [0.15, 0.2) is 11.5 Å². The average Bonchev–Trinajstić information content (AvgIpc) is 2.42. The molecule has 0 spiro atoms. The number of ether oxygens (including phenoxy) is 2. The Bertz CT molecular complexity index is 486. The van der Waals surface area contributed by atoms with Gasteiger partial charge in [-0.3, -0.25) is 0 Å². The molecule has 1 aromatic carbocycles. The molecule has 0 fully saturated rings. The monoisotopic (exact) mass is 278 g/mol. The van der Waals surface area contributed by atoms with Crippen LogP contribution in [0.5, 0.6) is 11.5 Å². The second-order valence-electron chi connectivity index (χ2n) is 4.54. The van der Waals surface area contributed by atoms with Crippen LogP contribution in [0.15, 0.2) is 12.1 Å². The van der Waals surface area contributed by atoms with Crippen molar-refractivity contribution in [3.8, 4) is 23.3 Å². The summed E-state index contributed by atoms with van der Waals surface area (Å²) in [6.07, 6.45) is 1.39.